The largest absolute Gasteiger partial charge is 0.375 e. The van der Waals surface area contributed by atoms with E-state index in [0.29, 0.717) is 19.1 Å². The van der Waals surface area contributed by atoms with Crippen molar-refractivity contribution < 1.29 is 4.74 Å². The molecule has 1 fully saturated rings. The average molecular weight is 163 g/mol. The van der Waals surface area contributed by atoms with E-state index in [1.54, 1.807) is 0 Å². The number of rotatable bonds is 3. The lowest BCUT2D eigenvalue weighted by atomic mass is 10.2. The van der Waals surface area contributed by atoms with E-state index in [2.05, 4.69) is 5.32 Å². The molecule has 0 unspecified atom stereocenters. The minimum atomic E-state index is 0. The van der Waals surface area contributed by atoms with Crippen molar-refractivity contribution in [3.63, 3.8) is 0 Å². The molecule has 4 heteroatoms. The number of nitriles is 1. The molecule has 1 aliphatic rings. The number of hydrogen-bond acceptors (Lipinski definition) is 3. The van der Waals surface area contributed by atoms with Gasteiger partial charge in [0.1, 0.15) is 0 Å². The highest BCUT2D eigenvalue weighted by Crippen LogP contribution is 1.97. The highest BCUT2D eigenvalue weighted by molar-refractivity contribution is 5.85. The summed E-state index contributed by atoms with van der Waals surface area (Å²) in [6.45, 7) is 2.49. The molecule has 0 aromatic heterocycles. The standard InChI is InChI=1S/C6H10N2O.ClH/c7-2-1-3-9-6-4-8-5-6;/h6,8H,1,3-5H2;1H. The van der Waals surface area contributed by atoms with Crippen LogP contribution in [0.25, 0.3) is 0 Å². The summed E-state index contributed by atoms with van der Waals surface area (Å²) >= 11 is 0. The Labute approximate surface area is 66.8 Å². The molecule has 0 aromatic rings. The van der Waals surface area contributed by atoms with E-state index in [1.807, 2.05) is 6.07 Å². The summed E-state index contributed by atoms with van der Waals surface area (Å²) in [5, 5.41) is 11.2. The normalized spacial score (nSPS) is 16.7. The quantitative estimate of drug-likeness (QED) is 0.608. The smallest absolute Gasteiger partial charge is 0.0824 e. The van der Waals surface area contributed by atoms with E-state index in [-0.39, 0.29) is 12.4 Å². The van der Waals surface area contributed by atoms with Crippen molar-refractivity contribution in [1.82, 2.24) is 5.32 Å². The molecule has 0 radical (unpaired) electrons. The third-order valence-corrected chi connectivity index (χ3v) is 1.31. The molecule has 1 rings (SSSR count). The zero-order valence-corrected chi connectivity index (χ0v) is 6.49. The molecule has 58 valence electrons. The molecule has 0 saturated carbocycles. The van der Waals surface area contributed by atoms with Crippen LogP contribution in [0, 0.1) is 11.3 Å². The van der Waals surface area contributed by atoms with Gasteiger partial charge < -0.3 is 10.1 Å². The summed E-state index contributed by atoms with van der Waals surface area (Å²) in [6, 6.07) is 2.03. The summed E-state index contributed by atoms with van der Waals surface area (Å²) in [5.74, 6) is 0. The molecule has 0 atom stereocenters. The Morgan fingerprint density at radius 3 is 2.70 bits per heavy atom. The summed E-state index contributed by atoms with van der Waals surface area (Å²) in [5.41, 5.74) is 0. The zero-order chi connectivity index (χ0) is 6.53. The Bertz CT molecular complexity index is 119. The second kappa shape index (κ2) is 5.48. The lowest BCUT2D eigenvalue weighted by Crippen LogP contribution is -2.48. The van der Waals surface area contributed by atoms with Crippen LogP contribution in [0.15, 0.2) is 0 Å². The molecule has 0 aliphatic carbocycles. The van der Waals surface area contributed by atoms with Crippen LogP contribution in [-0.4, -0.2) is 25.8 Å². The third-order valence-electron chi connectivity index (χ3n) is 1.31. The molecule has 0 aromatic carbocycles. The van der Waals surface area contributed by atoms with Crippen molar-refractivity contribution in [1.29, 1.82) is 5.26 Å². The Kier molecular flexibility index (Phi) is 5.32. The van der Waals surface area contributed by atoms with Crippen LogP contribution in [0.2, 0.25) is 0 Å². The topological polar surface area (TPSA) is 45.0 Å². The molecule has 10 heavy (non-hydrogen) atoms. The van der Waals surface area contributed by atoms with Gasteiger partial charge >= 0.3 is 0 Å². The number of hydrogen-bond donors (Lipinski definition) is 1. The predicted octanol–water partition coefficient (Wildman–Crippen LogP) is 0.310. The maximum absolute atomic E-state index is 8.12. The fourth-order valence-electron chi connectivity index (χ4n) is 0.651. The number of ether oxygens (including phenoxy) is 1. The monoisotopic (exact) mass is 162 g/mol. The maximum Gasteiger partial charge on any atom is 0.0824 e. The van der Waals surface area contributed by atoms with Gasteiger partial charge in [0.2, 0.25) is 0 Å². The van der Waals surface area contributed by atoms with Crippen LogP contribution < -0.4 is 5.32 Å². The minimum absolute atomic E-state index is 0. The Balaban J connectivity index is 0.000000810. The lowest BCUT2D eigenvalue weighted by molar-refractivity contribution is 0.0222. The second-order valence-electron chi connectivity index (χ2n) is 2.06. The molecular formula is C6H11ClN2O. The van der Waals surface area contributed by atoms with Gasteiger partial charge in [-0.2, -0.15) is 5.26 Å². The summed E-state index contributed by atoms with van der Waals surface area (Å²) in [6.07, 6.45) is 0.884. The molecule has 0 amide bonds. The maximum atomic E-state index is 8.12. The molecule has 1 heterocycles. The van der Waals surface area contributed by atoms with Gasteiger partial charge in [0.05, 0.1) is 25.2 Å². The van der Waals surface area contributed by atoms with Crippen molar-refractivity contribution >= 4 is 12.4 Å². The average Bonchev–Trinajstić information content (AvgIpc) is 1.76. The summed E-state index contributed by atoms with van der Waals surface area (Å²) in [4.78, 5) is 0. The van der Waals surface area contributed by atoms with Gasteiger partial charge in [0.15, 0.2) is 0 Å². The molecular weight excluding hydrogens is 152 g/mol. The van der Waals surface area contributed by atoms with Crippen LogP contribution >= 0.6 is 12.4 Å². The number of nitrogens with zero attached hydrogens (tertiary/aromatic N) is 1. The Morgan fingerprint density at radius 1 is 1.60 bits per heavy atom. The lowest BCUT2D eigenvalue weighted by Gasteiger charge is -2.26. The number of halogens is 1. The first kappa shape index (κ1) is 9.70. The minimum Gasteiger partial charge on any atom is -0.375 e. The highest BCUT2D eigenvalue weighted by Gasteiger charge is 2.15. The van der Waals surface area contributed by atoms with Crippen LogP contribution in [0.5, 0.6) is 0 Å². The Hall–Kier alpha value is -0.300. The molecule has 0 bridgehead atoms. The zero-order valence-electron chi connectivity index (χ0n) is 5.67. The van der Waals surface area contributed by atoms with Gasteiger partial charge in [0.25, 0.3) is 0 Å². The molecule has 3 nitrogen and oxygen atoms in total. The van der Waals surface area contributed by atoms with Crippen LogP contribution in [-0.2, 0) is 4.74 Å². The summed E-state index contributed by atoms with van der Waals surface area (Å²) in [7, 11) is 0. The van der Waals surface area contributed by atoms with Gasteiger partial charge in [-0.05, 0) is 0 Å². The van der Waals surface area contributed by atoms with Crippen molar-refractivity contribution in [3.8, 4) is 6.07 Å². The van der Waals surface area contributed by atoms with Crippen molar-refractivity contribution in [3.05, 3.63) is 0 Å². The van der Waals surface area contributed by atoms with Gasteiger partial charge in [-0.1, -0.05) is 0 Å². The van der Waals surface area contributed by atoms with E-state index < -0.39 is 0 Å². The van der Waals surface area contributed by atoms with Crippen LogP contribution in [0.4, 0.5) is 0 Å². The first-order chi connectivity index (χ1) is 4.43. The third kappa shape index (κ3) is 3.02. The van der Waals surface area contributed by atoms with E-state index in [1.165, 1.54) is 0 Å². The van der Waals surface area contributed by atoms with Crippen molar-refractivity contribution in [2.75, 3.05) is 19.7 Å². The van der Waals surface area contributed by atoms with Gasteiger partial charge in [-0.3, -0.25) is 0 Å². The molecule has 1 aliphatic heterocycles. The highest BCUT2D eigenvalue weighted by atomic mass is 35.5. The first-order valence-corrected chi connectivity index (χ1v) is 3.13. The second-order valence-corrected chi connectivity index (χ2v) is 2.06. The molecule has 1 N–H and O–H groups in total. The van der Waals surface area contributed by atoms with E-state index in [0.717, 1.165) is 13.1 Å². The van der Waals surface area contributed by atoms with E-state index in [4.69, 9.17) is 10.00 Å². The molecule has 1 saturated heterocycles. The Morgan fingerprint density at radius 2 is 2.30 bits per heavy atom. The SMILES string of the molecule is Cl.N#CCCOC1CNC1. The van der Waals surface area contributed by atoms with E-state index in [9.17, 15) is 0 Å². The van der Waals surface area contributed by atoms with Gasteiger partial charge in [-0.25, -0.2) is 0 Å². The fourth-order valence-corrected chi connectivity index (χ4v) is 0.651. The van der Waals surface area contributed by atoms with Crippen molar-refractivity contribution in [2.24, 2.45) is 0 Å². The van der Waals surface area contributed by atoms with Crippen LogP contribution in [0.3, 0.4) is 0 Å². The van der Waals surface area contributed by atoms with E-state index >= 15 is 0 Å². The fraction of sp³-hybridized carbons (Fsp3) is 0.833. The van der Waals surface area contributed by atoms with Crippen molar-refractivity contribution in [2.45, 2.75) is 12.5 Å². The first-order valence-electron chi connectivity index (χ1n) is 3.13. The summed E-state index contributed by atoms with van der Waals surface area (Å²) < 4.78 is 5.23. The predicted molar refractivity (Wildman–Crippen MR) is 40.1 cm³/mol. The number of nitrogens with one attached hydrogen (secondary N) is 1. The van der Waals surface area contributed by atoms with Gasteiger partial charge in [0, 0.05) is 13.1 Å². The van der Waals surface area contributed by atoms with Crippen LogP contribution in [0.1, 0.15) is 6.42 Å². The molecule has 0 spiro atoms. The van der Waals surface area contributed by atoms with Gasteiger partial charge in [-0.15, -0.1) is 12.4 Å².